The average molecular weight is 286 g/mol. The van der Waals surface area contributed by atoms with Gasteiger partial charge in [-0.25, -0.2) is 0 Å². The Labute approximate surface area is 123 Å². The first kappa shape index (κ1) is 14.9. The number of rotatable bonds is 5. The van der Waals surface area contributed by atoms with Gasteiger partial charge in [-0.2, -0.15) is 0 Å². The maximum absolute atomic E-state index is 11.9. The molecular weight excluding hydrogens is 268 g/mol. The number of Topliss-reactive ketones (excluding diaryl/α,β-unsaturated/α-hetero) is 1. The first-order valence-corrected chi connectivity index (χ1v) is 6.62. The van der Waals surface area contributed by atoms with E-state index in [9.17, 15) is 9.90 Å². The van der Waals surface area contributed by atoms with E-state index in [2.05, 4.69) is 0 Å². The van der Waals surface area contributed by atoms with Crippen molar-refractivity contribution in [3.05, 3.63) is 53.6 Å². The van der Waals surface area contributed by atoms with E-state index in [1.165, 1.54) is 13.0 Å². The first-order valence-electron chi connectivity index (χ1n) is 6.62. The zero-order chi connectivity index (χ0) is 15.4. The van der Waals surface area contributed by atoms with E-state index in [1.54, 1.807) is 43.5 Å². The number of phenols is 1. The molecule has 0 fully saturated rings. The highest BCUT2D eigenvalue weighted by Gasteiger charge is 2.19. The molecule has 0 saturated heterocycles. The van der Waals surface area contributed by atoms with Crippen LogP contribution < -0.4 is 9.47 Å². The minimum Gasteiger partial charge on any atom is -0.508 e. The molecule has 0 saturated carbocycles. The van der Waals surface area contributed by atoms with Gasteiger partial charge >= 0.3 is 0 Å². The molecule has 0 radical (unpaired) electrons. The SMILES string of the molecule is COc1ccc(C(Oc2ccc(O)cc2C)C(C)=O)cc1. The highest BCUT2D eigenvalue weighted by molar-refractivity contribution is 5.82. The van der Waals surface area contributed by atoms with E-state index in [0.29, 0.717) is 5.75 Å². The third-order valence-electron chi connectivity index (χ3n) is 3.19. The standard InChI is InChI=1S/C17H18O4/c1-11-10-14(19)6-9-16(11)21-17(12(2)18)13-4-7-15(20-3)8-5-13/h4-10,17,19H,1-3H3. The molecule has 1 unspecified atom stereocenters. The van der Waals surface area contributed by atoms with Crippen LogP contribution in [0.4, 0.5) is 0 Å². The van der Waals surface area contributed by atoms with E-state index in [1.807, 2.05) is 6.92 Å². The number of benzene rings is 2. The van der Waals surface area contributed by atoms with Gasteiger partial charge in [0.1, 0.15) is 17.2 Å². The van der Waals surface area contributed by atoms with Gasteiger partial charge in [0.25, 0.3) is 0 Å². The maximum atomic E-state index is 11.9. The van der Waals surface area contributed by atoms with Crippen LogP contribution in [0.3, 0.4) is 0 Å². The Balaban J connectivity index is 2.28. The minimum absolute atomic E-state index is 0.0901. The van der Waals surface area contributed by atoms with Gasteiger partial charge in [-0.3, -0.25) is 4.79 Å². The Hall–Kier alpha value is -2.49. The highest BCUT2D eigenvalue weighted by Crippen LogP contribution is 2.29. The lowest BCUT2D eigenvalue weighted by molar-refractivity contribution is -0.123. The molecule has 0 heterocycles. The van der Waals surface area contributed by atoms with Crippen molar-refractivity contribution in [2.24, 2.45) is 0 Å². The van der Waals surface area contributed by atoms with E-state index < -0.39 is 6.10 Å². The Morgan fingerprint density at radius 3 is 2.33 bits per heavy atom. The number of methoxy groups -OCH3 is 1. The summed E-state index contributed by atoms with van der Waals surface area (Å²) in [4.78, 5) is 11.9. The molecule has 0 bridgehead atoms. The van der Waals surface area contributed by atoms with Crippen LogP contribution in [0.25, 0.3) is 0 Å². The van der Waals surface area contributed by atoms with Crippen LogP contribution in [0.15, 0.2) is 42.5 Å². The van der Waals surface area contributed by atoms with Crippen molar-refractivity contribution in [3.8, 4) is 17.2 Å². The molecule has 0 aliphatic heterocycles. The largest absolute Gasteiger partial charge is 0.508 e. The Morgan fingerprint density at radius 2 is 1.81 bits per heavy atom. The number of aromatic hydroxyl groups is 1. The molecule has 0 aliphatic rings. The zero-order valence-electron chi connectivity index (χ0n) is 12.3. The summed E-state index contributed by atoms with van der Waals surface area (Å²) in [6.45, 7) is 3.31. The summed E-state index contributed by atoms with van der Waals surface area (Å²) in [7, 11) is 1.59. The van der Waals surface area contributed by atoms with Gasteiger partial charge in [-0.1, -0.05) is 12.1 Å². The van der Waals surface area contributed by atoms with Crippen LogP contribution in [0, 0.1) is 6.92 Å². The fourth-order valence-electron chi connectivity index (χ4n) is 2.06. The quantitative estimate of drug-likeness (QED) is 0.915. The molecule has 0 aliphatic carbocycles. The summed E-state index contributed by atoms with van der Waals surface area (Å²) < 4.78 is 10.9. The van der Waals surface area contributed by atoms with Crippen LogP contribution in [-0.2, 0) is 4.79 Å². The van der Waals surface area contributed by atoms with Gasteiger partial charge < -0.3 is 14.6 Å². The van der Waals surface area contributed by atoms with Gasteiger partial charge in [0.2, 0.25) is 0 Å². The topological polar surface area (TPSA) is 55.8 Å². The average Bonchev–Trinajstić information content (AvgIpc) is 2.46. The number of ether oxygens (including phenoxy) is 2. The number of hydrogen-bond acceptors (Lipinski definition) is 4. The molecule has 2 aromatic carbocycles. The normalized spacial score (nSPS) is 11.8. The smallest absolute Gasteiger partial charge is 0.181 e. The molecular formula is C17H18O4. The molecule has 2 rings (SSSR count). The van der Waals surface area contributed by atoms with Crippen LogP contribution in [0.1, 0.15) is 24.2 Å². The first-order chi connectivity index (χ1) is 10.0. The fraction of sp³-hybridized carbons (Fsp3) is 0.235. The fourth-order valence-corrected chi connectivity index (χ4v) is 2.06. The summed E-state index contributed by atoms with van der Waals surface area (Å²) in [5.41, 5.74) is 1.53. The molecule has 0 aromatic heterocycles. The van der Waals surface area contributed by atoms with Crippen molar-refractivity contribution < 1.29 is 19.4 Å². The number of phenolic OH excluding ortho intramolecular Hbond substituents is 1. The number of aryl methyl sites for hydroxylation is 1. The van der Waals surface area contributed by atoms with Crippen molar-refractivity contribution in [3.63, 3.8) is 0 Å². The van der Waals surface area contributed by atoms with Gasteiger partial charge in [0.05, 0.1) is 7.11 Å². The molecule has 110 valence electrons. The Bertz CT molecular complexity index is 632. The number of carbonyl (C=O) groups excluding carboxylic acids is 1. The maximum Gasteiger partial charge on any atom is 0.181 e. The summed E-state index contributed by atoms with van der Waals surface area (Å²) >= 11 is 0. The molecule has 1 N–H and O–H groups in total. The van der Waals surface area contributed by atoms with Crippen LogP contribution in [-0.4, -0.2) is 18.0 Å². The van der Waals surface area contributed by atoms with E-state index in [4.69, 9.17) is 9.47 Å². The van der Waals surface area contributed by atoms with Gasteiger partial charge in [-0.15, -0.1) is 0 Å². The predicted octanol–water partition coefficient (Wildman–Crippen LogP) is 3.42. The minimum atomic E-state index is -0.681. The number of ketones is 1. The molecule has 4 heteroatoms. The molecule has 0 amide bonds. The third-order valence-corrected chi connectivity index (χ3v) is 3.19. The lowest BCUT2D eigenvalue weighted by atomic mass is 10.1. The Kier molecular flexibility index (Phi) is 4.48. The molecule has 2 aromatic rings. The monoisotopic (exact) mass is 286 g/mol. The van der Waals surface area contributed by atoms with Gasteiger partial charge in [0.15, 0.2) is 11.9 Å². The number of hydrogen-bond donors (Lipinski definition) is 1. The molecule has 4 nitrogen and oxygen atoms in total. The van der Waals surface area contributed by atoms with Crippen LogP contribution in [0.5, 0.6) is 17.2 Å². The van der Waals surface area contributed by atoms with E-state index in [0.717, 1.165) is 16.9 Å². The van der Waals surface area contributed by atoms with Crippen LogP contribution >= 0.6 is 0 Å². The van der Waals surface area contributed by atoms with Crippen molar-refractivity contribution >= 4 is 5.78 Å². The van der Waals surface area contributed by atoms with Crippen LogP contribution in [0.2, 0.25) is 0 Å². The second kappa shape index (κ2) is 6.31. The highest BCUT2D eigenvalue weighted by atomic mass is 16.5. The van der Waals surface area contributed by atoms with E-state index >= 15 is 0 Å². The summed E-state index contributed by atoms with van der Waals surface area (Å²) in [5, 5.41) is 9.42. The van der Waals surface area contributed by atoms with E-state index in [-0.39, 0.29) is 11.5 Å². The molecule has 1 atom stereocenters. The molecule has 21 heavy (non-hydrogen) atoms. The molecule has 0 spiro atoms. The van der Waals surface area contributed by atoms with Crippen molar-refractivity contribution in [2.45, 2.75) is 20.0 Å². The Morgan fingerprint density at radius 1 is 1.14 bits per heavy atom. The second-order valence-electron chi connectivity index (χ2n) is 4.83. The zero-order valence-corrected chi connectivity index (χ0v) is 12.3. The van der Waals surface area contributed by atoms with Gasteiger partial charge in [-0.05, 0) is 49.7 Å². The number of carbonyl (C=O) groups is 1. The lowest BCUT2D eigenvalue weighted by Crippen LogP contribution is -2.16. The summed E-state index contributed by atoms with van der Waals surface area (Å²) in [6.07, 6.45) is -0.681. The van der Waals surface area contributed by atoms with Crippen molar-refractivity contribution in [1.82, 2.24) is 0 Å². The summed E-state index contributed by atoms with van der Waals surface area (Å²) in [6, 6.07) is 12.0. The van der Waals surface area contributed by atoms with Crippen molar-refractivity contribution in [2.75, 3.05) is 7.11 Å². The lowest BCUT2D eigenvalue weighted by Gasteiger charge is -2.18. The summed E-state index contributed by atoms with van der Waals surface area (Å²) in [5.74, 6) is 1.38. The predicted molar refractivity (Wildman–Crippen MR) is 79.9 cm³/mol. The second-order valence-corrected chi connectivity index (χ2v) is 4.83. The third kappa shape index (κ3) is 3.54. The van der Waals surface area contributed by atoms with Gasteiger partial charge in [0, 0.05) is 5.56 Å². The van der Waals surface area contributed by atoms with Crippen molar-refractivity contribution in [1.29, 1.82) is 0 Å².